The van der Waals surface area contributed by atoms with Crippen molar-refractivity contribution < 1.29 is 0 Å². The molecule has 8 aromatic carbocycles. The minimum absolute atomic E-state index is 0.573. The van der Waals surface area contributed by atoms with Crippen molar-refractivity contribution in [3.05, 3.63) is 164 Å². The standard InChI is InChI=1S/C46H27N5S/c1-2-12-28(13-3-1)45-47-39-27-30(23-25-42(39)52-45)44-48-43(49-46(50-44)51-40-20-10-8-18-36(40)37-19-9-11-21-41(37)51)29-22-24-35-33-16-5-4-14-31(33)32-15-6-7-17-34(32)38(35)26-29/h1-27H. The minimum atomic E-state index is 0.573. The van der Waals surface area contributed by atoms with Crippen molar-refractivity contribution in [3.63, 3.8) is 0 Å². The molecule has 0 unspecified atom stereocenters. The molecule has 0 N–H and O–H groups in total. The van der Waals surface area contributed by atoms with Crippen LogP contribution in [-0.4, -0.2) is 24.5 Å². The quantitative estimate of drug-likeness (QED) is 0.174. The van der Waals surface area contributed by atoms with Gasteiger partial charge in [-0.15, -0.1) is 11.3 Å². The SMILES string of the molecule is c1ccc(-c2nc3cc(-c4nc(-c5ccc6c7ccccc7c7ccccc7c6c5)nc(-n5c6ccccc6c6ccccc65)n4)ccc3s2)cc1. The first-order valence-corrected chi connectivity index (χ1v) is 18.1. The van der Waals surface area contributed by atoms with Gasteiger partial charge in [-0.3, -0.25) is 4.57 Å². The summed E-state index contributed by atoms with van der Waals surface area (Å²) in [7, 11) is 0. The molecule has 0 amide bonds. The largest absolute Gasteiger partial charge is 0.278 e. The molecule has 242 valence electrons. The van der Waals surface area contributed by atoms with Gasteiger partial charge in [0.25, 0.3) is 0 Å². The third kappa shape index (κ3) is 4.48. The first-order valence-electron chi connectivity index (χ1n) is 17.3. The Morgan fingerprint density at radius 2 is 0.865 bits per heavy atom. The van der Waals surface area contributed by atoms with E-state index in [4.69, 9.17) is 19.9 Å². The number of fused-ring (bicyclic) bond motifs is 10. The van der Waals surface area contributed by atoms with Crippen molar-refractivity contribution >= 4 is 75.7 Å². The molecule has 5 nitrogen and oxygen atoms in total. The van der Waals surface area contributed by atoms with Gasteiger partial charge in [0.2, 0.25) is 5.95 Å². The Bertz CT molecular complexity index is 3110. The molecule has 3 heterocycles. The Morgan fingerprint density at radius 1 is 0.365 bits per heavy atom. The lowest BCUT2D eigenvalue weighted by molar-refractivity contribution is 0.954. The number of hydrogen-bond donors (Lipinski definition) is 0. The third-order valence-corrected chi connectivity index (χ3v) is 11.2. The van der Waals surface area contributed by atoms with E-state index in [2.05, 4.69) is 150 Å². The number of rotatable bonds is 4. The molecule has 0 aliphatic heterocycles. The van der Waals surface area contributed by atoms with Gasteiger partial charge < -0.3 is 0 Å². The number of thiazole rings is 1. The number of hydrogen-bond acceptors (Lipinski definition) is 5. The topological polar surface area (TPSA) is 56.5 Å². The molecule has 0 bridgehead atoms. The molecular weight excluding hydrogens is 655 g/mol. The molecule has 0 aliphatic rings. The summed E-state index contributed by atoms with van der Waals surface area (Å²) in [4.78, 5) is 20.7. The molecule has 6 heteroatoms. The van der Waals surface area contributed by atoms with Crippen LogP contribution in [0.2, 0.25) is 0 Å². The van der Waals surface area contributed by atoms with Gasteiger partial charge in [-0.1, -0.05) is 127 Å². The lowest BCUT2D eigenvalue weighted by Gasteiger charge is -2.13. The first kappa shape index (κ1) is 29.0. The normalized spacial score (nSPS) is 11.8. The van der Waals surface area contributed by atoms with Crippen LogP contribution in [0.3, 0.4) is 0 Å². The van der Waals surface area contributed by atoms with Crippen LogP contribution in [0.25, 0.3) is 104 Å². The summed E-state index contributed by atoms with van der Waals surface area (Å²) in [6, 6.07) is 57.5. The minimum Gasteiger partial charge on any atom is -0.278 e. The number of para-hydroxylation sites is 2. The second-order valence-corrected chi connectivity index (χ2v) is 14.1. The molecular formula is C46H27N5S. The smallest absolute Gasteiger partial charge is 0.238 e. The highest BCUT2D eigenvalue weighted by atomic mass is 32.1. The monoisotopic (exact) mass is 681 g/mol. The second-order valence-electron chi connectivity index (χ2n) is 13.1. The summed E-state index contributed by atoms with van der Waals surface area (Å²) in [5.41, 5.74) is 5.94. The summed E-state index contributed by atoms with van der Waals surface area (Å²) in [5.74, 6) is 1.79. The molecule has 0 fully saturated rings. The molecule has 52 heavy (non-hydrogen) atoms. The van der Waals surface area contributed by atoms with E-state index in [-0.39, 0.29) is 0 Å². The van der Waals surface area contributed by atoms with Crippen molar-refractivity contribution in [3.8, 4) is 39.3 Å². The van der Waals surface area contributed by atoms with Crippen molar-refractivity contribution in [1.82, 2.24) is 24.5 Å². The fourth-order valence-electron chi connectivity index (χ4n) is 7.68. The predicted molar refractivity (Wildman–Crippen MR) is 216 cm³/mol. The number of benzene rings is 8. The summed E-state index contributed by atoms with van der Waals surface area (Å²) in [6.45, 7) is 0. The van der Waals surface area contributed by atoms with E-state index in [1.165, 1.54) is 32.3 Å². The van der Waals surface area contributed by atoms with Crippen LogP contribution < -0.4 is 0 Å². The van der Waals surface area contributed by atoms with E-state index < -0.39 is 0 Å². The average molecular weight is 682 g/mol. The fraction of sp³-hybridized carbons (Fsp3) is 0. The lowest BCUT2D eigenvalue weighted by Crippen LogP contribution is -2.06. The average Bonchev–Trinajstić information content (AvgIpc) is 3.80. The van der Waals surface area contributed by atoms with Gasteiger partial charge >= 0.3 is 0 Å². The van der Waals surface area contributed by atoms with Gasteiger partial charge in [0.05, 0.1) is 21.3 Å². The highest BCUT2D eigenvalue weighted by molar-refractivity contribution is 7.21. The third-order valence-electron chi connectivity index (χ3n) is 10.1. The van der Waals surface area contributed by atoms with Gasteiger partial charge in [0.15, 0.2) is 11.6 Å². The molecule has 0 radical (unpaired) electrons. The number of aromatic nitrogens is 5. The van der Waals surface area contributed by atoms with E-state index >= 15 is 0 Å². The zero-order valence-electron chi connectivity index (χ0n) is 27.7. The van der Waals surface area contributed by atoms with Crippen molar-refractivity contribution in [2.45, 2.75) is 0 Å². The first-order chi connectivity index (χ1) is 25.8. The van der Waals surface area contributed by atoms with E-state index in [0.29, 0.717) is 17.6 Å². The van der Waals surface area contributed by atoms with Crippen LogP contribution in [0, 0.1) is 0 Å². The number of nitrogens with zero attached hydrogens (tertiary/aromatic N) is 5. The summed E-state index contributed by atoms with van der Waals surface area (Å²) < 4.78 is 3.28. The zero-order chi connectivity index (χ0) is 34.2. The maximum absolute atomic E-state index is 5.25. The maximum Gasteiger partial charge on any atom is 0.238 e. The maximum atomic E-state index is 5.25. The Morgan fingerprint density at radius 3 is 1.50 bits per heavy atom. The van der Waals surface area contributed by atoms with Crippen LogP contribution >= 0.6 is 11.3 Å². The van der Waals surface area contributed by atoms with E-state index in [1.807, 2.05) is 18.2 Å². The molecule has 11 rings (SSSR count). The molecule has 3 aromatic heterocycles. The van der Waals surface area contributed by atoms with Gasteiger partial charge in [-0.2, -0.15) is 9.97 Å². The fourth-order valence-corrected chi connectivity index (χ4v) is 8.63. The second kappa shape index (κ2) is 11.4. The highest BCUT2D eigenvalue weighted by Gasteiger charge is 2.19. The molecule has 0 aliphatic carbocycles. The Labute approximate surface area is 302 Å². The molecule has 0 saturated carbocycles. The molecule has 0 atom stereocenters. The predicted octanol–water partition coefficient (Wildman–Crippen LogP) is 12.0. The van der Waals surface area contributed by atoms with Gasteiger partial charge in [0.1, 0.15) is 5.01 Å². The Hall–Kier alpha value is -6.76. The summed E-state index contributed by atoms with van der Waals surface area (Å²) in [5, 5.41) is 10.6. The Kier molecular flexibility index (Phi) is 6.35. The van der Waals surface area contributed by atoms with Gasteiger partial charge in [-0.05, 0) is 68.7 Å². The van der Waals surface area contributed by atoms with Crippen LogP contribution in [0.5, 0.6) is 0 Å². The van der Waals surface area contributed by atoms with Gasteiger partial charge in [-0.25, -0.2) is 9.97 Å². The summed E-state index contributed by atoms with van der Waals surface area (Å²) >= 11 is 1.69. The van der Waals surface area contributed by atoms with Crippen LogP contribution in [-0.2, 0) is 0 Å². The highest BCUT2D eigenvalue weighted by Crippen LogP contribution is 2.38. The van der Waals surface area contributed by atoms with Crippen molar-refractivity contribution in [2.75, 3.05) is 0 Å². The molecule has 11 aromatic rings. The zero-order valence-corrected chi connectivity index (χ0v) is 28.5. The van der Waals surface area contributed by atoms with Crippen molar-refractivity contribution in [1.29, 1.82) is 0 Å². The molecule has 0 spiro atoms. The van der Waals surface area contributed by atoms with Crippen LogP contribution in [0.15, 0.2) is 164 Å². The Balaban J connectivity index is 1.17. The van der Waals surface area contributed by atoms with Crippen LogP contribution in [0.1, 0.15) is 0 Å². The van der Waals surface area contributed by atoms with E-state index in [0.717, 1.165) is 53.7 Å². The van der Waals surface area contributed by atoms with E-state index in [1.54, 1.807) is 11.3 Å². The summed E-state index contributed by atoms with van der Waals surface area (Å²) in [6.07, 6.45) is 0. The van der Waals surface area contributed by atoms with Crippen LogP contribution in [0.4, 0.5) is 0 Å². The molecule has 0 saturated heterocycles. The van der Waals surface area contributed by atoms with E-state index in [9.17, 15) is 0 Å². The lowest BCUT2D eigenvalue weighted by atomic mass is 9.93. The van der Waals surface area contributed by atoms with Gasteiger partial charge in [0, 0.05) is 27.5 Å². The van der Waals surface area contributed by atoms with Crippen molar-refractivity contribution in [2.24, 2.45) is 0 Å².